The minimum atomic E-state index is -0.719. The van der Waals surface area contributed by atoms with Gasteiger partial charge in [-0.05, 0) is 55.7 Å². The Labute approximate surface area is 179 Å². The third kappa shape index (κ3) is 4.18. The Morgan fingerprint density at radius 2 is 2.20 bits per heavy atom. The molecule has 2 saturated heterocycles. The fourth-order valence-electron chi connectivity index (χ4n) is 5.04. The maximum atomic E-state index is 13.1. The Morgan fingerprint density at radius 3 is 2.93 bits per heavy atom. The van der Waals surface area contributed by atoms with Crippen molar-refractivity contribution in [2.45, 2.75) is 57.9 Å². The van der Waals surface area contributed by atoms with E-state index >= 15 is 0 Å². The number of ether oxygens (including phenoxy) is 2. The van der Waals surface area contributed by atoms with E-state index in [1.165, 1.54) is 0 Å². The van der Waals surface area contributed by atoms with Crippen LogP contribution in [0.1, 0.15) is 51.7 Å². The second kappa shape index (κ2) is 8.19. The van der Waals surface area contributed by atoms with Crippen LogP contribution in [0.25, 0.3) is 0 Å². The Balaban J connectivity index is 1.36. The first-order chi connectivity index (χ1) is 14.3. The third-order valence-electron chi connectivity index (χ3n) is 6.39. The SMILES string of the molecule is COc1cccc(C2OC2N2CCCC(CN3C(=O)C(C)(CC(C)C)N=C3N)C2)c1. The summed E-state index contributed by atoms with van der Waals surface area (Å²) in [6.45, 7) is 8.69. The molecule has 2 fully saturated rings. The first kappa shape index (κ1) is 21.1. The predicted octanol–water partition coefficient (Wildman–Crippen LogP) is 2.77. The van der Waals surface area contributed by atoms with Crippen LogP contribution >= 0.6 is 0 Å². The highest BCUT2D eigenvalue weighted by molar-refractivity contribution is 6.06. The van der Waals surface area contributed by atoms with E-state index in [0.29, 0.717) is 24.3 Å². The van der Waals surface area contributed by atoms with Gasteiger partial charge in [0, 0.05) is 19.6 Å². The number of hydrogen-bond donors (Lipinski definition) is 1. The molecule has 4 rings (SSSR count). The van der Waals surface area contributed by atoms with Crippen molar-refractivity contribution in [1.82, 2.24) is 9.80 Å². The highest BCUT2D eigenvalue weighted by atomic mass is 16.6. The summed E-state index contributed by atoms with van der Waals surface area (Å²) >= 11 is 0. The van der Waals surface area contributed by atoms with Crippen molar-refractivity contribution < 1.29 is 14.3 Å². The minimum Gasteiger partial charge on any atom is -0.497 e. The molecule has 164 valence electrons. The molecular weight excluding hydrogens is 380 g/mol. The minimum absolute atomic E-state index is 0.0442. The topological polar surface area (TPSA) is 83.7 Å². The van der Waals surface area contributed by atoms with Gasteiger partial charge in [0.2, 0.25) is 0 Å². The summed E-state index contributed by atoms with van der Waals surface area (Å²) in [4.78, 5) is 21.7. The second-order valence-electron chi connectivity index (χ2n) is 9.48. The van der Waals surface area contributed by atoms with Gasteiger partial charge in [-0.25, -0.2) is 4.99 Å². The summed E-state index contributed by atoms with van der Waals surface area (Å²) in [5.41, 5.74) is 6.61. The molecule has 4 unspecified atom stereocenters. The van der Waals surface area contributed by atoms with E-state index < -0.39 is 5.54 Å². The van der Waals surface area contributed by atoms with Gasteiger partial charge < -0.3 is 15.2 Å². The monoisotopic (exact) mass is 414 g/mol. The number of piperidine rings is 1. The molecule has 1 aromatic carbocycles. The highest BCUT2D eigenvalue weighted by Gasteiger charge is 2.48. The van der Waals surface area contributed by atoms with Gasteiger partial charge in [0.1, 0.15) is 23.6 Å². The van der Waals surface area contributed by atoms with E-state index in [4.69, 9.17) is 15.2 Å². The average molecular weight is 415 g/mol. The number of methoxy groups -OCH3 is 1. The lowest BCUT2D eigenvalue weighted by Gasteiger charge is -2.34. The van der Waals surface area contributed by atoms with Gasteiger partial charge in [-0.2, -0.15) is 0 Å². The maximum Gasteiger partial charge on any atom is 0.257 e. The van der Waals surface area contributed by atoms with Crippen LogP contribution in [0.15, 0.2) is 29.3 Å². The quantitative estimate of drug-likeness (QED) is 0.694. The number of hydrogen-bond acceptors (Lipinski definition) is 6. The van der Waals surface area contributed by atoms with E-state index in [0.717, 1.165) is 43.7 Å². The molecule has 0 aromatic heterocycles. The van der Waals surface area contributed by atoms with Gasteiger partial charge in [-0.3, -0.25) is 14.6 Å². The van der Waals surface area contributed by atoms with Crippen molar-refractivity contribution in [3.05, 3.63) is 29.8 Å². The van der Waals surface area contributed by atoms with Crippen LogP contribution in [0.4, 0.5) is 0 Å². The number of carbonyl (C=O) groups excluding carboxylic acids is 1. The van der Waals surface area contributed by atoms with Crippen LogP contribution in [0.5, 0.6) is 5.75 Å². The van der Waals surface area contributed by atoms with Gasteiger partial charge in [0.05, 0.1) is 7.11 Å². The number of nitrogens with zero attached hydrogens (tertiary/aromatic N) is 3. The summed E-state index contributed by atoms with van der Waals surface area (Å²) in [5, 5.41) is 0. The number of nitrogens with two attached hydrogens (primary N) is 1. The number of benzene rings is 1. The fraction of sp³-hybridized carbons (Fsp3) is 0.652. The van der Waals surface area contributed by atoms with Crippen molar-refractivity contribution in [1.29, 1.82) is 0 Å². The van der Waals surface area contributed by atoms with Gasteiger partial charge >= 0.3 is 0 Å². The number of guanidine groups is 1. The zero-order valence-electron chi connectivity index (χ0n) is 18.5. The number of epoxide rings is 1. The zero-order valence-corrected chi connectivity index (χ0v) is 18.5. The summed E-state index contributed by atoms with van der Waals surface area (Å²) < 4.78 is 11.4. The molecule has 1 amide bonds. The van der Waals surface area contributed by atoms with Gasteiger partial charge in [-0.15, -0.1) is 0 Å². The fourth-order valence-corrected chi connectivity index (χ4v) is 5.04. The number of aliphatic imine (C=N–C) groups is 1. The number of carbonyl (C=O) groups is 1. The number of amides is 1. The molecule has 3 aliphatic heterocycles. The Kier molecular flexibility index (Phi) is 5.77. The van der Waals surface area contributed by atoms with Crippen molar-refractivity contribution in [3.8, 4) is 5.75 Å². The second-order valence-corrected chi connectivity index (χ2v) is 9.48. The molecule has 0 aliphatic carbocycles. The molecule has 0 radical (unpaired) electrons. The zero-order chi connectivity index (χ0) is 21.5. The van der Waals surface area contributed by atoms with Crippen LogP contribution in [-0.4, -0.2) is 60.2 Å². The molecule has 30 heavy (non-hydrogen) atoms. The van der Waals surface area contributed by atoms with E-state index in [9.17, 15) is 4.79 Å². The van der Waals surface area contributed by atoms with E-state index in [1.807, 2.05) is 25.1 Å². The van der Waals surface area contributed by atoms with Crippen LogP contribution < -0.4 is 10.5 Å². The number of likely N-dealkylation sites (tertiary alicyclic amines) is 1. The van der Waals surface area contributed by atoms with Crippen LogP contribution in [-0.2, 0) is 9.53 Å². The smallest absolute Gasteiger partial charge is 0.257 e. The third-order valence-corrected chi connectivity index (χ3v) is 6.39. The molecule has 1 aromatic rings. The first-order valence-electron chi connectivity index (χ1n) is 11.0. The Hall–Kier alpha value is -2.12. The van der Waals surface area contributed by atoms with Crippen molar-refractivity contribution in [2.24, 2.45) is 22.6 Å². The van der Waals surface area contributed by atoms with E-state index in [2.05, 4.69) is 29.8 Å². The van der Waals surface area contributed by atoms with Gasteiger partial charge in [0.15, 0.2) is 5.96 Å². The molecule has 3 heterocycles. The Bertz CT molecular complexity index is 826. The van der Waals surface area contributed by atoms with E-state index in [1.54, 1.807) is 12.0 Å². The van der Waals surface area contributed by atoms with Crippen LogP contribution in [0, 0.1) is 11.8 Å². The highest BCUT2D eigenvalue weighted by Crippen LogP contribution is 2.43. The lowest BCUT2D eigenvalue weighted by atomic mass is 9.90. The lowest BCUT2D eigenvalue weighted by Crippen LogP contribution is -2.48. The van der Waals surface area contributed by atoms with E-state index in [-0.39, 0.29) is 18.2 Å². The van der Waals surface area contributed by atoms with Crippen molar-refractivity contribution in [3.63, 3.8) is 0 Å². The molecule has 7 heteroatoms. The average Bonchev–Trinajstić information content (AvgIpc) is 3.48. The van der Waals surface area contributed by atoms with Crippen molar-refractivity contribution in [2.75, 3.05) is 26.7 Å². The molecule has 2 N–H and O–H groups in total. The summed E-state index contributed by atoms with van der Waals surface area (Å²) in [6, 6.07) is 8.08. The maximum absolute atomic E-state index is 13.1. The van der Waals surface area contributed by atoms with Crippen LogP contribution in [0.2, 0.25) is 0 Å². The summed E-state index contributed by atoms with van der Waals surface area (Å²) in [5.74, 6) is 2.03. The molecular formula is C23H34N4O3. The molecule has 0 bridgehead atoms. The molecule has 7 nitrogen and oxygen atoms in total. The van der Waals surface area contributed by atoms with Gasteiger partial charge in [0.25, 0.3) is 5.91 Å². The molecule has 4 atom stereocenters. The van der Waals surface area contributed by atoms with Crippen molar-refractivity contribution >= 4 is 11.9 Å². The lowest BCUT2D eigenvalue weighted by molar-refractivity contribution is -0.131. The first-order valence-corrected chi connectivity index (χ1v) is 11.0. The number of rotatable bonds is 7. The Morgan fingerprint density at radius 1 is 1.40 bits per heavy atom. The molecule has 0 spiro atoms. The normalized spacial score (nSPS) is 31.9. The predicted molar refractivity (Wildman–Crippen MR) is 116 cm³/mol. The molecule has 3 aliphatic rings. The molecule has 0 saturated carbocycles. The van der Waals surface area contributed by atoms with Crippen LogP contribution in [0.3, 0.4) is 0 Å². The van der Waals surface area contributed by atoms with Gasteiger partial charge in [-0.1, -0.05) is 26.0 Å². The summed E-state index contributed by atoms with van der Waals surface area (Å²) in [6.07, 6.45) is 3.10. The summed E-state index contributed by atoms with van der Waals surface area (Å²) in [7, 11) is 1.68. The standard InChI is InChI=1S/C23H34N4O3/c1-15(2)12-23(3)21(28)27(22(24)25-23)14-16-7-6-10-26(13-16)20-19(30-20)17-8-5-9-18(11-17)29-4/h5,8-9,11,15-16,19-20H,6-7,10,12-14H2,1-4H3,(H2,24,25). The largest absolute Gasteiger partial charge is 0.497 e.